The van der Waals surface area contributed by atoms with Crippen LogP contribution < -0.4 is 5.32 Å². The van der Waals surface area contributed by atoms with Gasteiger partial charge in [0.15, 0.2) is 5.69 Å². The lowest BCUT2D eigenvalue weighted by molar-refractivity contribution is 0.0942. The van der Waals surface area contributed by atoms with Crippen molar-refractivity contribution in [2.24, 2.45) is 0 Å². The number of aromatic nitrogens is 1. The third kappa shape index (κ3) is 3.07. The smallest absolute Gasteiger partial charge is 0.273 e. The Bertz CT molecular complexity index is 520. The van der Waals surface area contributed by atoms with Crippen molar-refractivity contribution in [3.63, 3.8) is 0 Å². The van der Waals surface area contributed by atoms with E-state index in [9.17, 15) is 4.79 Å². The summed E-state index contributed by atoms with van der Waals surface area (Å²) in [6, 6.07) is 8.87. The Hall–Kier alpha value is -1.81. The molecule has 1 heterocycles. The van der Waals surface area contributed by atoms with Crippen LogP contribution in [0, 0.1) is 6.92 Å². The number of halogens is 1. The monoisotopic (exact) mass is 250 g/mol. The number of nitrogens with one attached hydrogen (secondary N) is 1. The van der Waals surface area contributed by atoms with Crippen molar-refractivity contribution >= 4 is 17.5 Å². The highest BCUT2D eigenvalue weighted by molar-refractivity contribution is 6.30. The van der Waals surface area contributed by atoms with E-state index in [0.29, 0.717) is 17.3 Å². The summed E-state index contributed by atoms with van der Waals surface area (Å²) in [5.41, 5.74) is 1.26. The molecule has 0 radical (unpaired) electrons. The maximum Gasteiger partial charge on any atom is 0.273 e. The first-order valence-electron chi connectivity index (χ1n) is 5.11. The Morgan fingerprint density at radius 2 is 2.12 bits per heavy atom. The van der Waals surface area contributed by atoms with E-state index in [1.54, 1.807) is 25.1 Å². The van der Waals surface area contributed by atoms with Gasteiger partial charge in [-0.05, 0) is 24.6 Å². The molecule has 5 heteroatoms. The molecule has 0 atom stereocenters. The van der Waals surface area contributed by atoms with Gasteiger partial charge >= 0.3 is 0 Å². The topological polar surface area (TPSA) is 55.1 Å². The Labute approximate surface area is 104 Å². The molecule has 1 aromatic heterocycles. The molecule has 88 valence electrons. The number of rotatable bonds is 3. The second kappa shape index (κ2) is 5.01. The molecule has 1 amide bonds. The quantitative estimate of drug-likeness (QED) is 0.911. The molecule has 0 unspecified atom stereocenters. The summed E-state index contributed by atoms with van der Waals surface area (Å²) in [6.45, 7) is 2.17. The molecule has 0 aliphatic carbocycles. The lowest BCUT2D eigenvalue weighted by Gasteiger charge is -2.02. The molecule has 0 spiro atoms. The molecule has 1 aromatic carbocycles. The second-order valence-electron chi connectivity index (χ2n) is 3.63. The van der Waals surface area contributed by atoms with Crippen LogP contribution in [0.4, 0.5) is 0 Å². The van der Waals surface area contributed by atoms with Gasteiger partial charge in [-0.1, -0.05) is 28.9 Å². The van der Waals surface area contributed by atoms with E-state index in [2.05, 4.69) is 10.5 Å². The first-order valence-corrected chi connectivity index (χ1v) is 5.49. The fourth-order valence-corrected chi connectivity index (χ4v) is 1.47. The summed E-state index contributed by atoms with van der Waals surface area (Å²) in [5.74, 6) is 0.360. The third-order valence-electron chi connectivity index (χ3n) is 2.23. The van der Waals surface area contributed by atoms with Crippen molar-refractivity contribution in [2.75, 3.05) is 0 Å². The lowest BCUT2D eigenvalue weighted by atomic mass is 10.2. The Morgan fingerprint density at radius 3 is 2.71 bits per heavy atom. The second-order valence-corrected chi connectivity index (χ2v) is 4.07. The average molecular weight is 251 g/mol. The first kappa shape index (κ1) is 11.7. The molecule has 1 N–H and O–H groups in total. The summed E-state index contributed by atoms with van der Waals surface area (Å²) < 4.78 is 4.83. The highest BCUT2D eigenvalue weighted by atomic mass is 35.5. The molecular formula is C12H11ClN2O2. The minimum Gasteiger partial charge on any atom is -0.361 e. The Morgan fingerprint density at radius 1 is 1.41 bits per heavy atom. The van der Waals surface area contributed by atoms with Crippen LogP contribution in [0.25, 0.3) is 0 Å². The average Bonchev–Trinajstić information content (AvgIpc) is 2.75. The number of carbonyl (C=O) groups is 1. The maximum absolute atomic E-state index is 11.6. The third-order valence-corrected chi connectivity index (χ3v) is 2.48. The van der Waals surface area contributed by atoms with Gasteiger partial charge in [0.1, 0.15) is 5.76 Å². The zero-order chi connectivity index (χ0) is 12.3. The van der Waals surface area contributed by atoms with E-state index in [0.717, 1.165) is 5.56 Å². The van der Waals surface area contributed by atoms with Gasteiger partial charge in [0.05, 0.1) is 0 Å². The summed E-state index contributed by atoms with van der Waals surface area (Å²) in [6.07, 6.45) is 0. The molecule has 0 aliphatic rings. The first-order chi connectivity index (χ1) is 8.15. The molecular weight excluding hydrogens is 240 g/mol. The number of amides is 1. The predicted molar refractivity (Wildman–Crippen MR) is 63.9 cm³/mol. The number of benzene rings is 1. The van der Waals surface area contributed by atoms with Crippen molar-refractivity contribution in [2.45, 2.75) is 13.5 Å². The van der Waals surface area contributed by atoms with Crippen molar-refractivity contribution < 1.29 is 9.32 Å². The van der Waals surface area contributed by atoms with Crippen LogP contribution in [0.1, 0.15) is 21.8 Å². The molecule has 0 saturated heterocycles. The molecule has 17 heavy (non-hydrogen) atoms. The Kier molecular flexibility index (Phi) is 3.44. The van der Waals surface area contributed by atoms with Gasteiger partial charge in [0, 0.05) is 17.6 Å². The van der Waals surface area contributed by atoms with Crippen LogP contribution in [0.3, 0.4) is 0 Å². The zero-order valence-electron chi connectivity index (χ0n) is 9.24. The summed E-state index contributed by atoms with van der Waals surface area (Å²) in [4.78, 5) is 11.6. The molecule has 0 fully saturated rings. The number of carbonyl (C=O) groups excluding carboxylic acids is 1. The number of hydrogen-bond donors (Lipinski definition) is 1. The fraction of sp³-hybridized carbons (Fsp3) is 0.167. The van der Waals surface area contributed by atoms with E-state index in [4.69, 9.17) is 16.1 Å². The molecule has 0 saturated carbocycles. The molecule has 4 nitrogen and oxygen atoms in total. The Balaban J connectivity index is 1.94. The van der Waals surface area contributed by atoms with E-state index in [1.165, 1.54) is 0 Å². The van der Waals surface area contributed by atoms with Crippen molar-refractivity contribution in [1.29, 1.82) is 0 Å². The maximum atomic E-state index is 11.6. The minimum absolute atomic E-state index is 0.253. The highest BCUT2D eigenvalue weighted by Gasteiger charge is 2.09. The van der Waals surface area contributed by atoms with E-state index in [-0.39, 0.29) is 11.6 Å². The normalized spacial score (nSPS) is 10.2. The van der Waals surface area contributed by atoms with Gasteiger partial charge in [0.2, 0.25) is 0 Å². The van der Waals surface area contributed by atoms with Gasteiger partial charge in [-0.25, -0.2) is 0 Å². The highest BCUT2D eigenvalue weighted by Crippen LogP contribution is 2.09. The number of aryl methyl sites for hydroxylation is 1. The van der Waals surface area contributed by atoms with E-state index >= 15 is 0 Å². The van der Waals surface area contributed by atoms with E-state index < -0.39 is 0 Å². The molecule has 2 rings (SSSR count). The molecule has 0 aliphatic heterocycles. The standard InChI is InChI=1S/C12H11ClN2O2/c1-8-6-11(15-17-8)12(16)14-7-9-2-4-10(13)5-3-9/h2-6H,7H2,1H3,(H,14,16). The largest absolute Gasteiger partial charge is 0.361 e. The fourth-order valence-electron chi connectivity index (χ4n) is 1.35. The SMILES string of the molecule is Cc1cc(C(=O)NCc2ccc(Cl)cc2)no1. The zero-order valence-corrected chi connectivity index (χ0v) is 9.99. The van der Waals surface area contributed by atoms with Gasteiger partial charge in [-0.3, -0.25) is 4.79 Å². The summed E-state index contributed by atoms with van der Waals surface area (Å²) in [7, 11) is 0. The van der Waals surface area contributed by atoms with Crippen LogP contribution in [0.2, 0.25) is 5.02 Å². The van der Waals surface area contributed by atoms with E-state index in [1.807, 2.05) is 12.1 Å². The van der Waals surface area contributed by atoms with Crippen molar-refractivity contribution in [3.05, 3.63) is 52.4 Å². The van der Waals surface area contributed by atoms with Gasteiger partial charge in [-0.2, -0.15) is 0 Å². The molecule has 2 aromatic rings. The van der Waals surface area contributed by atoms with Crippen molar-refractivity contribution in [3.8, 4) is 0 Å². The summed E-state index contributed by atoms with van der Waals surface area (Å²) in [5, 5.41) is 7.05. The van der Waals surface area contributed by atoms with Crippen molar-refractivity contribution in [1.82, 2.24) is 10.5 Å². The van der Waals surface area contributed by atoms with Gasteiger partial charge in [-0.15, -0.1) is 0 Å². The lowest BCUT2D eigenvalue weighted by Crippen LogP contribution is -2.22. The van der Waals surface area contributed by atoms with Crippen LogP contribution in [0.15, 0.2) is 34.9 Å². The minimum atomic E-state index is -0.253. The van der Waals surface area contributed by atoms with Crippen LogP contribution in [0.5, 0.6) is 0 Å². The van der Waals surface area contributed by atoms with Crippen LogP contribution >= 0.6 is 11.6 Å². The van der Waals surface area contributed by atoms with Gasteiger partial charge < -0.3 is 9.84 Å². The number of nitrogens with zero attached hydrogens (tertiary/aromatic N) is 1. The predicted octanol–water partition coefficient (Wildman–Crippen LogP) is 2.57. The number of hydrogen-bond acceptors (Lipinski definition) is 3. The van der Waals surface area contributed by atoms with Crippen LogP contribution in [-0.4, -0.2) is 11.1 Å². The van der Waals surface area contributed by atoms with Gasteiger partial charge in [0.25, 0.3) is 5.91 Å². The summed E-state index contributed by atoms with van der Waals surface area (Å²) >= 11 is 5.76. The molecule has 0 bridgehead atoms. The van der Waals surface area contributed by atoms with Crippen LogP contribution in [-0.2, 0) is 6.54 Å².